The van der Waals surface area contributed by atoms with Crippen LogP contribution in [0.25, 0.3) is 0 Å². The molecule has 2 atom stereocenters. The molecule has 6 N–H and O–H groups in total. The van der Waals surface area contributed by atoms with E-state index in [2.05, 4.69) is 20.9 Å². The van der Waals surface area contributed by atoms with E-state index in [1.807, 2.05) is 13.8 Å². The number of amidine groups is 1. The van der Waals surface area contributed by atoms with Crippen molar-refractivity contribution in [2.45, 2.75) is 26.3 Å². The number of ether oxygens (including phenoxy) is 1. The molecular formula is C16H18Cl2N6O4. The van der Waals surface area contributed by atoms with E-state index in [9.17, 15) is 15.0 Å². The van der Waals surface area contributed by atoms with Crippen LogP contribution in [0, 0.1) is 5.92 Å². The fourth-order valence-electron chi connectivity index (χ4n) is 2.50. The van der Waals surface area contributed by atoms with Gasteiger partial charge in [-0.1, -0.05) is 37.0 Å². The first-order valence-electron chi connectivity index (χ1n) is 8.19. The van der Waals surface area contributed by atoms with Crippen LogP contribution in [0.5, 0.6) is 5.75 Å². The van der Waals surface area contributed by atoms with Crippen LogP contribution in [0.3, 0.4) is 0 Å². The Morgan fingerprint density at radius 3 is 2.50 bits per heavy atom. The van der Waals surface area contributed by atoms with E-state index in [0.717, 1.165) is 5.01 Å². The van der Waals surface area contributed by atoms with Crippen LogP contribution in [0.2, 0.25) is 10.0 Å². The monoisotopic (exact) mass is 428 g/mol. The lowest BCUT2D eigenvalue weighted by Crippen LogP contribution is -2.54. The minimum absolute atomic E-state index is 0.0567. The minimum Gasteiger partial charge on any atom is -0.434 e. The lowest BCUT2D eigenvalue weighted by atomic mass is 10.0. The SMILES string of the molecule is CC(C)C1=CC(Oc2c(Cl)cc(N3N=C(N)C(O)NC3=O)cc2Cl)=NNC1O. The highest BCUT2D eigenvalue weighted by molar-refractivity contribution is 6.38. The Morgan fingerprint density at radius 2 is 1.89 bits per heavy atom. The average Bonchev–Trinajstić information content (AvgIpc) is 2.62. The van der Waals surface area contributed by atoms with Gasteiger partial charge in [0.2, 0.25) is 5.90 Å². The van der Waals surface area contributed by atoms with E-state index in [1.54, 1.807) is 6.08 Å². The van der Waals surface area contributed by atoms with Crippen molar-refractivity contribution in [2.75, 3.05) is 5.01 Å². The molecule has 2 heterocycles. The Hall–Kier alpha value is -2.53. The molecule has 12 heteroatoms. The van der Waals surface area contributed by atoms with Gasteiger partial charge in [0.05, 0.1) is 15.7 Å². The number of amides is 2. The van der Waals surface area contributed by atoms with E-state index >= 15 is 0 Å². The van der Waals surface area contributed by atoms with Crippen LogP contribution >= 0.6 is 23.2 Å². The summed E-state index contributed by atoms with van der Waals surface area (Å²) in [6.07, 6.45) is -0.681. The number of anilines is 1. The molecule has 1 aromatic rings. The highest BCUT2D eigenvalue weighted by Gasteiger charge is 2.28. The molecule has 3 rings (SSSR count). The van der Waals surface area contributed by atoms with E-state index in [0.29, 0.717) is 5.57 Å². The molecule has 1 aromatic carbocycles. The maximum absolute atomic E-state index is 12.0. The molecule has 2 unspecified atom stereocenters. The number of hydrogen-bond acceptors (Lipinski definition) is 8. The number of hydrazone groups is 2. The van der Waals surface area contributed by atoms with Crippen molar-refractivity contribution < 1.29 is 19.7 Å². The van der Waals surface area contributed by atoms with Crippen molar-refractivity contribution in [3.05, 3.63) is 33.8 Å². The molecule has 0 aromatic heterocycles. The summed E-state index contributed by atoms with van der Waals surface area (Å²) in [6.45, 7) is 3.84. The fourth-order valence-corrected chi connectivity index (χ4v) is 3.05. The molecule has 28 heavy (non-hydrogen) atoms. The number of aliphatic hydroxyl groups is 2. The molecule has 0 spiro atoms. The summed E-state index contributed by atoms with van der Waals surface area (Å²) in [7, 11) is 0. The second-order valence-electron chi connectivity index (χ2n) is 6.31. The number of nitrogens with one attached hydrogen (secondary N) is 2. The molecule has 2 aliphatic rings. The average molecular weight is 429 g/mol. The highest BCUT2D eigenvalue weighted by Crippen LogP contribution is 2.38. The number of nitrogens with zero attached hydrogens (tertiary/aromatic N) is 3. The molecule has 150 valence electrons. The zero-order chi connectivity index (χ0) is 20.6. The van der Waals surface area contributed by atoms with Crippen LogP contribution in [-0.4, -0.2) is 40.4 Å². The van der Waals surface area contributed by atoms with Crippen molar-refractivity contribution in [1.82, 2.24) is 10.7 Å². The quantitative estimate of drug-likeness (QED) is 0.490. The van der Waals surface area contributed by atoms with Gasteiger partial charge >= 0.3 is 6.03 Å². The van der Waals surface area contributed by atoms with Gasteiger partial charge in [-0.05, 0) is 23.6 Å². The Balaban J connectivity index is 1.89. The zero-order valence-electron chi connectivity index (χ0n) is 14.8. The number of carbonyl (C=O) groups excluding carboxylic acids is 1. The zero-order valence-corrected chi connectivity index (χ0v) is 16.4. The molecule has 0 fully saturated rings. The van der Waals surface area contributed by atoms with Gasteiger partial charge in [-0.3, -0.25) is 5.43 Å². The van der Waals surface area contributed by atoms with Gasteiger partial charge in [-0.15, -0.1) is 10.2 Å². The van der Waals surface area contributed by atoms with Crippen LogP contribution < -0.4 is 26.2 Å². The minimum atomic E-state index is -1.37. The summed E-state index contributed by atoms with van der Waals surface area (Å²) in [5.74, 6) is 0.130. The predicted octanol–water partition coefficient (Wildman–Crippen LogP) is 1.31. The molecule has 2 amide bonds. The molecule has 0 saturated carbocycles. The normalized spacial score (nSPS) is 22.2. The third kappa shape index (κ3) is 3.99. The number of urea groups is 1. The number of aliphatic hydroxyl groups excluding tert-OH is 2. The van der Waals surface area contributed by atoms with Gasteiger partial charge in [0.15, 0.2) is 24.0 Å². The molecule has 10 nitrogen and oxygen atoms in total. The first kappa shape index (κ1) is 20.2. The Bertz CT molecular complexity index is 878. The first-order chi connectivity index (χ1) is 13.2. The number of nitrogens with two attached hydrogens (primary N) is 1. The summed E-state index contributed by atoms with van der Waals surface area (Å²) in [4.78, 5) is 12.0. The highest BCUT2D eigenvalue weighted by atomic mass is 35.5. The standard InChI is InChI=1S/C16H18Cl2N6O4/c1-6(2)8-5-11(21-22-14(8)25)28-12-9(17)3-7(4-10(12)18)24-16(27)20-15(26)13(19)23-24/h3-6,14-15,22,25-26H,1-2H3,(H2,19,23)(H,20,27). The fraction of sp³-hybridized carbons (Fsp3) is 0.312. The van der Waals surface area contributed by atoms with E-state index in [1.165, 1.54) is 12.1 Å². The lowest BCUT2D eigenvalue weighted by molar-refractivity contribution is 0.161. The second-order valence-corrected chi connectivity index (χ2v) is 7.12. The van der Waals surface area contributed by atoms with Gasteiger partial charge in [0, 0.05) is 6.08 Å². The second kappa shape index (κ2) is 7.84. The predicted molar refractivity (Wildman–Crippen MR) is 105 cm³/mol. The number of benzene rings is 1. The van der Waals surface area contributed by atoms with E-state index in [4.69, 9.17) is 33.7 Å². The van der Waals surface area contributed by atoms with Crippen molar-refractivity contribution in [1.29, 1.82) is 0 Å². The summed E-state index contributed by atoms with van der Waals surface area (Å²) < 4.78 is 5.67. The van der Waals surface area contributed by atoms with E-state index in [-0.39, 0.29) is 39.1 Å². The molecule has 2 aliphatic heterocycles. The summed E-state index contributed by atoms with van der Waals surface area (Å²) in [5, 5.41) is 30.5. The third-order valence-corrected chi connectivity index (χ3v) is 4.51. The first-order valence-corrected chi connectivity index (χ1v) is 8.95. The third-order valence-electron chi connectivity index (χ3n) is 3.95. The van der Waals surface area contributed by atoms with Crippen LogP contribution in [0.4, 0.5) is 10.5 Å². The summed E-state index contributed by atoms with van der Waals surface area (Å²) in [6, 6.07) is 2.09. The molecule has 0 saturated heterocycles. The van der Waals surface area contributed by atoms with Crippen molar-refractivity contribution >= 4 is 46.7 Å². The van der Waals surface area contributed by atoms with Gasteiger partial charge in [-0.25, -0.2) is 4.79 Å². The van der Waals surface area contributed by atoms with Crippen LogP contribution in [0.1, 0.15) is 13.8 Å². The van der Waals surface area contributed by atoms with Crippen LogP contribution in [0.15, 0.2) is 34.0 Å². The molecule has 0 aliphatic carbocycles. The molecule has 0 bridgehead atoms. The van der Waals surface area contributed by atoms with Gasteiger partial charge in [0.1, 0.15) is 0 Å². The van der Waals surface area contributed by atoms with Crippen molar-refractivity contribution in [3.8, 4) is 5.75 Å². The van der Waals surface area contributed by atoms with Crippen molar-refractivity contribution in [2.24, 2.45) is 21.9 Å². The maximum Gasteiger partial charge on any atom is 0.345 e. The molecular weight excluding hydrogens is 411 g/mol. The van der Waals surface area contributed by atoms with Gasteiger partial charge < -0.3 is 26.0 Å². The van der Waals surface area contributed by atoms with E-state index < -0.39 is 18.5 Å². The number of rotatable bonds is 3. The Labute approximate surface area is 170 Å². The maximum atomic E-state index is 12.0. The topological polar surface area (TPSA) is 145 Å². The summed E-state index contributed by atoms with van der Waals surface area (Å²) >= 11 is 12.5. The van der Waals surface area contributed by atoms with Gasteiger partial charge in [-0.2, -0.15) is 5.01 Å². The van der Waals surface area contributed by atoms with Crippen molar-refractivity contribution in [3.63, 3.8) is 0 Å². The van der Waals surface area contributed by atoms with Gasteiger partial charge in [0.25, 0.3) is 0 Å². The Morgan fingerprint density at radius 1 is 1.25 bits per heavy atom. The smallest absolute Gasteiger partial charge is 0.345 e. The summed E-state index contributed by atoms with van der Waals surface area (Å²) in [5.41, 5.74) is 9.00. The molecule has 0 radical (unpaired) electrons. The number of halogens is 2. The van der Waals surface area contributed by atoms with Crippen LogP contribution in [-0.2, 0) is 0 Å². The Kier molecular flexibility index (Phi) is 5.66. The lowest BCUT2D eigenvalue weighted by Gasteiger charge is -2.26. The largest absolute Gasteiger partial charge is 0.434 e. The number of carbonyl (C=O) groups is 1. The number of hydrogen-bond donors (Lipinski definition) is 5.